The second-order valence-electron chi connectivity index (χ2n) is 14.9. The highest BCUT2D eigenvalue weighted by molar-refractivity contribution is 6.07. The highest BCUT2D eigenvalue weighted by atomic mass is 16.3. The summed E-state index contributed by atoms with van der Waals surface area (Å²) in [6.45, 7) is 9.84. The molecule has 0 aliphatic carbocycles. The Kier molecular flexibility index (Phi) is 11.7. The standard InChI is InChI=1S/C42H51N9O5/c1-4-18-49-29-38(53)50-36(24-30-13-15-33(52)16-14-30)41(55)48(28-37(50)51(49)42(56)44-25-31-9-6-5-7-10-31)26-32-11-8-12-34-35(27-46(3)39(32)34)40(54)43-17-19-47-22-20-45(2)21-23-47/h4-16,27,36-37,52H,1,17-26,28-29H2,2-3H3,(H,43,54)(H,44,56)/t36-,37-/m0/s1. The number of urea groups is 1. The van der Waals surface area contributed by atoms with Crippen LogP contribution in [-0.4, -0.2) is 141 Å². The molecule has 3 fully saturated rings. The average molecular weight is 762 g/mol. The summed E-state index contributed by atoms with van der Waals surface area (Å²) >= 11 is 0. The van der Waals surface area contributed by atoms with Gasteiger partial charge in [0, 0.05) is 84.0 Å². The number of aromatic hydroxyl groups is 1. The summed E-state index contributed by atoms with van der Waals surface area (Å²) in [6.07, 6.45) is 2.85. The van der Waals surface area contributed by atoms with Crippen molar-refractivity contribution in [1.29, 1.82) is 0 Å². The van der Waals surface area contributed by atoms with Crippen molar-refractivity contribution in [2.75, 3.05) is 66.0 Å². The molecule has 1 aromatic heterocycles. The van der Waals surface area contributed by atoms with Gasteiger partial charge in [-0.1, -0.05) is 66.7 Å². The number of hydrazine groups is 1. The zero-order valence-corrected chi connectivity index (χ0v) is 32.1. The number of piperazine rings is 2. The van der Waals surface area contributed by atoms with Crippen LogP contribution in [0.2, 0.25) is 0 Å². The Hall–Kier alpha value is -5.70. The number of hydrogen-bond acceptors (Lipinski definition) is 8. The summed E-state index contributed by atoms with van der Waals surface area (Å²) in [6, 6.07) is 20.6. The Morgan fingerprint density at radius 2 is 1.66 bits per heavy atom. The Labute approximate surface area is 327 Å². The van der Waals surface area contributed by atoms with Crippen LogP contribution in [0.25, 0.3) is 10.9 Å². The first kappa shape index (κ1) is 38.6. The number of aryl methyl sites for hydroxylation is 1. The number of aromatic nitrogens is 1. The van der Waals surface area contributed by atoms with Gasteiger partial charge in [0.15, 0.2) is 0 Å². The van der Waals surface area contributed by atoms with E-state index < -0.39 is 18.2 Å². The summed E-state index contributed by atoms with van der Waals surface area (Å²) in [5.41, 5.74) is 3.90. The number of amides is 5. The number of para-hydroxylation sites is 1. The first-order chi connectivity index (χ1) is 27.1. The van der Waals surface area contributed by atoms with E-state index in [-0.39, 0.29) is 62.6 Å². The van der Waals surface area contributed by atoms with Crippen molar-refractivity contribution in [2.45, 2.75) is 31.7 Å². The quantitative estimate of drug-likeness (QED) is 0.188. The number of carbonyl (C=O) groups excluding carboxylic acids is 4. The van der Waals surface area contributed by atoms with Gasteiger partial charge in [-0.2, -0.15) is 0 Å². The lowest BCUT2D eigenvalue weighted by Crippen LogP contribution is -2.76. The predicted molar refractivity (Wildman–Crippen MR) is 213 cm³/mol. The summed E-state index contributed by atoms with van der Waals surface area (Å²) in [4.78, 5) is 64.3. The van der Waals surface area contributed by atoms with Crippen molar-refractivity contribution in [3.05, 3.63) is 114 Å². The first-order valence-corrected chi connectivity index (χ1v) is 19.2. The van der Waals surface area contributed by atoms with Gasteiger partial charge in [0.1, 0.15) is 18.0 Å². The van der Waals surface area contributed by atoms with E-state index in [1.807, 2.05) is 66.3 Å². The van der Waals surface area contributed by atoms with Gasteiger partial charge in [-0.25, -0.2) is 14.8 Å². The van der Waals surface area contributed by atoms with Crippen molar-refractivity contribution in [2.24, 2.45) is 7.05 Å². The smallest absolute Gasteiger partial charge is 0.334 e. The number of hydrogen-bond donors (Lipinski definition) is 3. The zero-order chi connectivity index (χ0) is 39.3. The summed E-state index contributed by atoms with van der Waals surface area (Å²) in [7, 11) is 4.02. The average Bonchev–Trinajstić information content (AvgIpc) is 3.54. The molecule has 3 aromatic carbocycles. The highest BCUT2D eigenvalue weighted by Crippen LogP contribution is 2.32. The molecule has 4 heterocycles. The molecule has 56 heavy (non-hydrogen) atoms. The van der Waals surface area contributed by atoms with E-state index in [4.69, 9.17) is 0 Å². The number of likely N-dealkylation sites (N-methyl/N-ethyl adjacent to an activating group) is 1. The Morgan fingerprint density at radius 3 is 2.39 bits per heavy atom. The fourth-order valence-corrected chi connectivity index (χ4v) is 8.11. The Balaban J connectivity index is 1.17. The maximum Gasteiger partial charge on any atom is 0.334 e. The molecule has 0 unspecified atom stereocenters. The van der Waals surface area contributed by atoms with Crippen LogP contribution in [0.3, 0.4) is 0 Å². The van der Waals surface area contributed by atoms with Crippen LogP contribution in [0, 0.1) is 0 Å². The molecular formula is C42H51N9O5. The largest absolute Gasteiger partial charge is 0.508 e. The Bertz CT molecular complexity index is 2060. The topological polar surface area (TPSA) is 137 Å². The minimum absolute atomic E-state index is 0.0590. The van der Waals surface area contributed by atoms with Crippen LogP contribution in [0.4, 0.5) is 4.79 Å². The second kappa shape index (κ2) is 17.0. The molecule has 294 valence electrons. The van der Waals surface area contributed by atoms with E-state index in [2.05, 4.69) is 34.1 Å². The molecule has 4 aromatic rings. The predicted octanol–water partition coefficient (Wildman–Crippen LogP) is 2.60. The SMILES string of the molecule is C=CCN1CC(=O)N2[C@@H](Cc3ccc(O)cc3)C(=O)N(Cc3cccc4c(C(=O)NCCN5CCN(C)CC5)cn(C)c34)C[C@@H]2N1C(=O)NCc1ccccc1. The molecule has 14 heteroatoms. The molecule has 0 spiro atoms. The summed E-state index contributed by atoms with van der Waals surface area (Å²) in [5.74, 6) is -0.579. The Morgan fingerprint density at radius 1 is 0.911 bits per heavy atom. The molecule has 0 radical (unpaired) electrons. The number of rotatable bonds is 12. The molecule has 0 saturated carbocycles. The van der Waals surface area contributed by atoms with E-state index in [0.29, 0.717) is 12.1 Å². The summed E-state index contributed by atoms with van der Waals surface area (Å²) < 4.78 is 1.92. The van der Waals surface area contributed by atoms with E-state index in [1.165, 1.54) is 0 Å². The van der Waals surface area contributed by atoms with Crippen LogP contribution in [-0.2, 0) is 36.1 Å². The lowest BCUT2D eigenvalue weighted by Gasteiger charge is -2.55. The molecule has 3 aliphatic rings. The highest BCUT2D eigenvalue weighted by Gasteiger charge is 2.51. The normalized spacial score (nSPS) is 19.6. The molecule has 7 rings (SSSR count). The van der Waals surface area contributed by atoms with Crippen LogP contribution >= 0.6 is 0 Å². The van der Waals surface area contributed by atoms with Gasteiger partial charge in [-0.05, 0) is 35.9 Å². The lowest BCUT2D eigenvalue weighted by atomic mass is 9.98. The monoisotopic (exact) mass is 761 g/mol. The number of carbonyl (C=O) groups is 4. The lowest BCUT2D eigenvalue weighted by molar-refractivity contribution is -0.189. The van der Waals surface area contributed by atoms with E-state index in [9.17, 15) is 24.3 Å². The molecule has 3 aliphatic heterocycles. The number of benzene rings is 3. The van der Waals surface area contributed by atoms with Crippen LogP contribution in [0.1, 0.15) is 27.0 Å². The van der Waals surface area contributed by atoms with Crippen LogP contribution < -0.4 is 10.6 Å². The van der Waals surface area contributed by atoms with E-state index >= 15 is 0 Å². The van der Waals surface area contributed by atoms with Crippen molar-refractivity contribution in [3.63, 3.8) is 0 Å². The zero-order valence-electron chi connectivity index (χ0n) is 32.1. The number of phenolic OH excluding ortho intramolecular Hbond substituents is 1. The summed E-state index contributed by atoms with van der Waals surface area (Å²) in [5, 5.41) is 20.1. The maximum absolute atomic E-state index is 14.7. The van der Waals surface area contributed by atoms with Crippen molar-refractivity contribution in [1.82, 2.24) is 44.8 Å². The number of fused-ring (bicyclic) bond motifs is 2. The number of nitrogens with zero attached hydrogens (tertiary/aromatic N) is 7. The maximum atomic E-state index is 14.7. The molecule has 5 amide bonds. The first-order valence-electron chi connectivity index (χ1n) is 19.2. The third-order valence-electron chi connectivity index (χ3n) is 11.0. The van der Waals surface area contributed by atoms with Gasteiger partial charge in [0.25, 0.3) is 5.91 Å². The van der Waals surface area contributed by atoms with Crippen molar-refractivity contribution in [3.8, 4) is 5.75 Å². The molecule has 3 saturated heterocycles. The van der Waals surface area contributed by atoms with Gasteiger partial charge in [0.05, 0.1) is 24.2 Å². The fourth-order valence-electron chi connectivity index (χ4n) is 8.11. The van der Waals surface area contributed by atoms with Crippen LogP contribution in [0.15, 0.2) is 91.6 Å². The van der Waals surface area contributed by atoms with Gasteiger partial charge in [0.2, 0.25) is 11.8 Å². The fraction of sp³-hybridized carbons (Fsp3) is 0.381. The molecule has 14 nitrogen and oxygen atoms in total. The third kappa shape index (κ3) is 8.27. The minimum atomic E-state index is -0.921. The van der Waals surface area contributed by atoms with E-state index in [0.717, 1.165) is 60.3 Å². The van der Waals surface area contributed by atoms with Crippen molar-refractivity contribution < 1.29 is 24.3 Å². The van der Waals surface area contributed by atoms with Crippen LogP contribution in [0.5, 0.6) is 5.75 Å². The third-order valence-corrected chi connectivity index (χ3v) is 11.0. The second-order valence-corrected chi connectivity index (χ2v) is 14.9. The van der Waals surface area contributed by atoms with Crippen molar-refractivity contribution >= 4 is 34.7 Å². The number of phenols is 1. The van der Waals surface area contributed by atoms with E-state index in [1.54, 1.807) is 50.2 Å². The van der Waals surface area contributed by atoms with Gasteiger partial charge in [-0.3, -0.25) is 19.3 Å². The van der Waals surface area contributed by atoms with Gasteiger partial charge >= 0.3 is 6.03 Å². The molecular weight excluding hydrogens is 711 g/mol. The molecule has 2 atom stereocenters. The molecule has 0 bridgehead atoms. The number of nitrogens with one attached hydrogen (secondary N) is 2. The van der Waals surface area contributed by atoms with Gasteiger partial charge in [-0.15, -0.1) is 6.58 Å². The minimum Gasteiger partial charge on any atom is -0.508 e. The molecule has 3 N–H and O–H groups in total. The van der Waals surface area contributed by atoms with Gasteiger partial charge < -0.3 is 35.0 Å².